The molecular formula is C9H21NO3S2. The molecule has 15 heavy (non-hydrogen) atoms. The third-order valence-corrected chi connectivity index (χ3v) is 4.76. The molecule has 4 nitrogen and oxygen atoms in total. The molecule has 0 aliphatic heterocycles. The van der Waals surface area contributed by atoms with Crippen LogP contribution in [0.1, 0.15) is 26.2 Å². The zero-order valence-corrected chi connectivity index (χ0v) is 11.1. The van der Waals surface area contributed by atoms with Crippen molar-refractivity contribution in [3.8, 4) is 0 Å². The Hall–Kier alpha value is 0.0600. The van der Waals surface area contributed by atoms with Crippen molar-refractivity contribution in [2.45, 2.75) is 32.2 Å². The van der Waals surface area contributed by atoms with Crippen LogP contribution >= 0.6 is 0 Å². The predicted molar refractivity (Wildman–Crippen MR) is 65.1 cm³/mol. The van der Waals surface area contributed by atoms with Crippen LogP contribution in [0.3, 0.4) is 0 Å². The van der Waals surface area contributed by atoms with Gasteiger partial charge in [-0.1, -0.05) is 6.92 Å². The average molecular weight is 255 g/mol. The highest BCUT2D eigenvalue weighted by Crippen LogP contribution is 2.00. The van der Waals surface area contributed by atoms with Gasteiger partial charge in [0, 0.05) is 34.6 Å². The third-order valence-electron chi connectivity index (χ3n) is 2.15. The molecule has 0 rings (SSSR count). The Morgan fingerprint density at radius 3 is 2.40 bits per heavy atom. The van der Waals surface area contributed by atoms with Gasteiger partial charge in [0.15, 0.2) is 0 Å². The fraction of sp³-hybridized carbons (Fsp3) is 1.00. The Balaban J connectivity index is 3.59. The van der Waals surface area contributed by atoms with Gasteiger partial charge in [-0.05, 0) is 19.3 Å². The minimum absolute atomic E-state index is 0.0133. The van der Waals surface area contributed by atoms with Crippen molar-refractivity contribution in [3.63, 3.8) is 0 Å². The molecule has 0 saturated heterocycles. The summed E-state index contributed by atoms with van der Waals surface area (Å²) in [5, 5.41) is 0. The highest BCUT2D eigenvalue weighted by atomic mass is 32.2. The number of hydrogen-bond acceptors (Lipinski definition) is 4. The van der Waals surface area contributed by atoms with Gasteiger partial charge in [0.25, 0.3) is 0 Å². The SMILES string of the molecule is CCC(N)CCCS(=O)CCS(C)(=O)=O. The Labute approximate surface area is 95.0 Å². The van der Waals surface area contributed by atoms with E-state index in [4.69, 9.17) is 5.73 Å². The molecule has 2 N–H and O–H groups in total. The van der Waals surface area contributed by atoms with E-state index in [0.717, 1.165) is 25.5 Å². The lowest BCUT2D eigenvalue weighted by Crippen LogP contribution is -2.20. The summed E-state index contributed by atoms with van der Waals surface area (Å²) >= 11 is 0. The molecule has 0 saturated carbocycles. The lowest BCUT2D eigenvalue weighted by Gasteiger charge is -2.07. The molecular weight excluding hydrogens is 234 g/mol. The molecule has 92 valence electrons. The summed E-state index contributed by atoms with van der Waals surface area (Å²) in [6.07, 6.45) is 3.76. The number of rotatable bonds is 8. The maximum atomic E-state index is 11.4. The molecule has 0 spiro atoms. The summed E-state index contributed by atoms with van der Waals surface area (Å²) in [5.74, 6) is 0.822. The standard InChI is InChI=1S/C9H21NO3S2/c1-3-9(10)5-4-6-14(11)7-8-15(2,12)13/h9H,3-8,10H2,1-2H3. The smallest absolute Gasteiger partial charge is 0.148 e. The van der Waals surface area contributed by atoms with Crippen molar-refractivity contribution < 1.29 is 12.6 Å². The number of nitrogens with two attached hydrogens (primary N) is 1. The van der Waals surface area contributed by atoms with Gasteiger partial charge < -0.3 is 5.73 Å². The molecule has 0 aliphatic carbocycles. The molecule has 2 unspecified atom stereocenters. The second kappa shape index (κ2) is 7.35. The van der Waals surface area contributed by atoms with Gasteiger partial charge in [0.2, 0.25) is 0 Å². The van der Waals surface area contributed by atoms with Crippen LogP contribution in [-0.4, -0.2) is 42.2 Å². The van der Waals surface area contributed by atoms with Gasteiger partial charge in [-0.2, -0.15) is 0 Å². The van der Waals surface area contributed by atoms with E-state index in [1.54, 1.807) is 0 Å². The van der Waals surface area contributed by atoms with Gasteiger partial charge in [-0.15, -0.1) is 0 Å². The normalized spacial score (nSPS) is 16.2. The summed E-state index contributed by atoms with van der Waals surface area (Å²) in [6.45, 7) is 2.02. The van der Waals surface area contributed by atoms with Crippen molar-refractivity contribution >= 4 is 20.6 Å². The van der Waals surface area contributed by atoms with Crippen molar-refractivity contribution in [3.05, 3.63) is 0 Å². The number of sulfone groups is 1. The molecule has 6 heteroatoms. The second-order valence-corrected chi connectivity index (χ2v) is 7.74. The van der Waals surface area contributed by atoms with E-state index in [1.165, 1.54) is 0 Å². The van der Waals surface area contributed by atoms with E-state index >= 15 is 0 Å². The number of hydrogen-bond donors (Lipinski definition) is 1. The molecule has 0 fully saturated rings. The molecule has 0 bridgehead atoms. The van der Waals surface area contributed by atoms with Crippen molar-refractivity contribution in [2.24, 2.45) is 5.73 Å². The minimum Gasteiger partial charge on any atom is -0.328 e. The van der Waals surface area contributed by atoms with Crippen LogP contribution in [0.15, 0.2) is 0 Å². The summed E-state index contributed by atoms with van der Waals surface area (Å²) in [7, 11) is -4.00. The lowest BCUT2D eigenvalue weighted by molar-refractivity contribution is 0.585. The predicted octanol–water partition coefficient (Wildman–Crippen LogP) is 0.297. The van der Waals surface area contributed by atoms with Gasteiger partial charge in [-0.25, -0.2) is 8.42 Å². The van der Waals surface area contributed by atoms with Crippen molar-refractivity contribution in [1.29, 1.82) is 0 Å². The highest BCUT2D eigenvalue weighted by molar-refractivity contribution is 7.92. The largest absolute Gasteiger partial charge is 0.328 e. The Morgan fingerprint density at radius 1 is 1.33 bits per heavy atom. The minimum atomic E-state index is -2.98. The topological polar surface area (TPSA) is 77.2 Å². The highest BCUT2D eigenvalue weighted by Gasteiger charge is 2.07. The van der Waals surface area contributed by atoms with Gasteiger partial charge in [0.1, 0.15) is 9.84 Å². The van der Waals surface area contributed by atoms with Gasteiger partial charge in [-0.3, -0.25) is 4.21 Å². The molecule has 0 aromatic carbocycles. The summed E-state index contributed by atoms with van der Waals surface area (Å²) < 4.78 is 33.0. The maximum Gasteiger partial charge on any atom is 0.148 e. The van der Waals surface area contributed by atoms with Crippen LogP contribution in [0.2, 0.25) is 0 Å². The van der Waals surface area contributed by atoms with Gasteiger partial charge >= 0.3 is 0 Å². The quantitative estimate of drug-likeness (QED) is 0.676. The second-order valence-electron chi connectivity index (χ2n) is 3.79. The Morgan fingerprint density at radius 2 is 1.93 bits per heavy atom. The van der Waals surface area contributed by atoms with Crippen LogP contribution < -0.4 is 5.73 Å². The lowest BCUT2D eigenvalue weighted by atomic mass is 10.1. The molecule has 0 aromatic heterocycles. The fourth-order valence-electron chi connectivity index (χ4n) is 1.06. The van der Waals surface area contributed by atoms with Crippen LogP contribution in [0.4, 0.5) is 0 Å². The first-order valence-corrected chi connectivity index (χ1v) is 8.68. The van der Waals surface area contributed by atoms with Crippen LogP contribution in [0.5, 0.6) is 0 Å². The molecule has 0 aromatic rings. The van der Waals surface area contributed by atoms with E-state index < -0.39 is 20.6 Å². The maximum absolute atomic E-state index is 11.4. The summed E-state index contributed by atoms with van der Waals surface area (Å²) in [6, 6.07) is 0.178. The van der Waals surface area contributed by atoms with Crippen molar-refractivity contribution in [1.82, 2.24) is 0 Å². The average Bonchev–Trinajstić information content (AvgIpc) is 2.13. The van der Waals surface area contributed by atoms with E-state index in [1.807, 2.05) is 6.92 Å². The molecule has 0 radical (unpaired) electrons. The molecule has 0 aliphatic rings. The van der Waals surface area contributed by atoms with E-state index in [-0.39, 0.29) is 17.5 Å². The van der Waals surface area contributed by atoms with Crippen LogP contribution in [-0.2, 0) is 20.6 Å². The monoisotopic (exact) mass is 255 g/mol. The zero-order valence-electron chi connectivity index (χ0n) is 9.44. The Kier molecular flexibility index (Phi) is 7.38. The molecule has 2 atom stereocenters. The summed E-state index contributed by atoms with van der Waals surface area (Å²) in [4.78, 5) is 0. The first-order chi connectivity index (χ1) is 6.85. The van der Waals surface area contributed by atoms with Crippen LogP contribution in [0.25, 0.3) is 0 Å². The Bertz CT molecular complexity index is 288. The fourth-order valence-corrected chi connectivity index (χ4v) is 3.70. The first-order valence-electron chi connectivity index (χ1n) is 5.13. The molecule has 0 heterocycles. The zero-order chi connectivity index (χ0) is 11.9. The first kappa shape index (κ1) is 15.1. The summed E-state index contributed by atoms with van der Waals surface area (Å²) in [5.41, 5.74) is 5.71. The van der Waals surface area contributed by atoms with Gasteiger partial charge in [0.05, 0.1) is 5.75 Å². The van der Waals surface area contributed by atoms with Crippen LogP contribution in [0, 0.1) is 0 Å². The van der Waals surface area contributed by atoms with E-state index in [0.29, 0.717) is 5.75 Å². The van der Waals surface area contributed by atoms with E-state index in [2.05, 4.69) is 0 Å². The molecule has 0 amide bonds. The third kappa shape index (κ3) is 10.3. The van der Waals surface area contributed by atoms with E-state index in [9.17, 15) is 12.6 Å². The van der Waals surface area contributed by atoms with Crippen molar-refractivity contribution in [2.75, 3.05) is 23.5 Å².